The molecule has 0 fully saturated rings. The van der Waals surface area contributed by atoms with E-state index in [9.17, 15) is 9.59 Å². The Morgan fingerprint density at radius 1 is 0.970 bits per heavy atom. The number of hydrogen-bond donors (Lipinski definition) is 2. The summed E-state index contributed by atoms with van der Waals surface area (Å²) in [5.41, 5.74) is 4.70. The number of benzene rings is 3. The zero-order valence-electron chi connectivity index (χ0n) is 17.8. The Balaban J connectivity index is 1.69. The first kappa shape index (κ1) is 20.3. The molecule has 3 aromatic carbocycles. The molecular formula is C26H19N3O4. The van der Waals surface area contributed by atoms with Gasteiger partial charge in [-0.3, -0.25) is 9.59 Å². The molecule has 0 aromatic heterocycles. The fourth-order valence-electron chi connectivity index (χ4n) is 3.88. The quantitative estimate of drug-likeness (QED) is 0.462. The van der Waals surface area contributed by atoms with E-state index in [-0.39, 0.29) is 11.7 Å². The summed E-state index contributed by atoms with van der Waals surface area (Å²) in [4.78, 5) is 25.1. The zero-order valence-corrected chi connectivity index (χ0v) is 17.8. The lowest BCUT2D eigenvalue weighted by molar-refractivity contribution is -0.110. The normalized spacial score (nSPS) is 15.2. The van der Waals surface area contributed by atoms with Crippen LogP contribution < -0.4 is 20.1 Å². The van der Waals surface area contributed by atoms with Crippen LogP contribution in [0.15, 0.2) is 60.7 Å². The van der Waals surface area contributed by atoms with E-state index in [1.54, 1.807) is 42.5 Å². The molecule has 1 amide bonds. The number of fused-ring (bicyclic) bond motifs is 2. The number of ketones is 1. The number of nitriles is 1. The molecule has 2 aliphatic rings. The Morgan fingerprint density at radius 2 is 1.70 bits per heavy atom. The van der Waals surface area contributed by atoms with Gasteiger partial charge in [-0.1, -0.05) is 0 Å². The summed E-state index contributed by atoms with van der Waals surface area (Å²) < 4.78 is 11.4. The van der Waals surface area contributed by atoms with Gasteiger partial charge in [-0.2, -0.15) is 5.26 Å². The van der Waals surface area contributed by atoms with E-state index < -0.39 is 0 Å². The molecule has 0 aliphatic carbocycles. The maximum absolute atomic E-state index is 13.1. The molecule has 2 N–H and O–H groups in total. The van der Waals surface area contributed by atoms with E-state index in [4.69, 9.17) is 14.7 Å². The van der Waals surface area contributed by atoms with Crippen LogP contribution in [-0.2, 0) is 4.79 Å². The van der Waals surface area contributed by atoms with Crippen LogP contribution in [0.3, 0.4) is 0 Å². The Hall–Kier alpha value is -4.57. The third kappa shape index (κ3) is 3.79. The minimum Gasteiger partial charge on any atom is -0.486 e. The van der Waals surface area contributed by atoms with Gasteiger partial charge in [0.05, 0.1) is 22.9 Å². The lowest BCUT2D eigenvalue weighted by Gasteiger charge is -2.21. The van der Waals surface area contributed by atoms with Crippen molar-refractivity contribution in [2.45, 2.75) is 6.92 Å². The van der Waals surface area contributed by atoms with E-state index in [1.807, 2.05) is 18.2 Å². The Morgan fingerprint density at radius 3 is 2.42 bits per heavy atom. The number of amides is 1. The lowest BCUT2D eigenvalue weighted by atomic mass is 9.97. The predicted molar refractivity (Wildman–Crippen MR) is 124 cm³/mol. The van der Waals surface area contributed by atoms with E-state index in [0.717, 1.165) is 5.56 Å². The van der Waals surface area contributed by atoms with Gasteiger partial charge < -0.3 is 20.1 Å². The summed E-state index contributed by atoms with van der Waals surface area (Å²) in [5, 5.41) is 15.3. The number of nitrogens with one attached hydrogen (secondary N) is 2. The van der Waals surface area contributed by atoms with Crippen LogP contribution in [0.5, 0.6) is 11.5 Å². The molecule has 162 valence electrons. The van der Waals surface area contributed by atoms with Gasteiger partial charge in [-0.25, -0.2) is 0 Å². The number of nitrogens with zero attached hydrogens (tertiary/aromatic N) is 1. The Bertz CT molecular complexity index is 1370. The second-order valence-corrected chi connectivity index (χ2v) is 7.69. The van der Waals surface area contributed by atoms with Crippen molar-refractivity contribution in [2.24, 2.45) is 0 Å². The number of carbonyl (C=O) groups is 2. The number of anilines is 2. The highest BCUT2D eigenvalue weighted by molar-refractivity contribution is 6.37. The summed E-state index contributed by atoms with van der Waals surface area (Å²) in [7, 11) is 0. The predicted octanol–water partition coefficient (Wildman–Crippen LogP) is 4.46. The van der Waals surface area contributed by atoms with Crippen LogP contribution in [0, 0.1) is 11.3 Å². The van der Waals surface area contributed by atoms with E-state index in [1.165, 1.54) is 6.92 Å². The molecule has 0 saturated heterocycles. The van der Waals surface area contributed by atoms with Crippen LogP contribution in [-0.4, -0.2) is 24.9 Å². The first-order valence-corrected chi connectivity index (χ1v) is 10.4. The van der Waals surface area contributed by atoms with Gasteiger partial charge in [0, 0.05) is 28.1 Å². The van der Waals surface area contributed by atoms with Crippen LogP contribution in [0.1, 0.15) is 34.0 Å². The standard InChI is InChI=1S/C26H19N3O4/c1-15(30)17-4-8-21-20(12-17)24(26(31)29-21)25(28-19-6-2-16(14-27)3-7-19)18-5-9-22-23(13-18)33-11-10-32-22/h2-9,12-13,28H,10-11H2,1H3,(H,29,31). The monoisotopic (exact) mass is 437 g/mol. The molecule has 7 nitrogen and oxygen atoms in total. The number of hydrogen-bond acceptors (Lipinski definition) is 6. The average molecular weight is 437 g/mol. The lowest BCUT2D eigenvalue weighted by Crippen LogP contribution is -2.16. The first-order chi connectivity index (χ1) is 16.0. The fraction of sp³-hybridized carbons (Fsp3) is 0.115. The second kappa shape index (κ2) is 8.17. The molecule has 0 radical (unpaired) electrons. The number of ether oxygens (including phenoxy) is 2. The van der Waals surface area contributed by atoms with E-state index >= 15 is 0 Å². The highest BCUT2D eigenvalue weighted by atomic mass is 16.6. The maximum atomic E-state index is 13.1. The molecule has 0 atom stereocenters. The largest absolute Gasteiger partial charge is 0.486 e. The third-order valence-electron chi connectivity index (χ3n) is 5.53. The van der Waals surface area contributed by atoms with Gasteiger partial charge in [-0.05, 0) is 67.6 Å². The van der Waals surface area contributed by atoms with Crippen molar-refractivity contribution in [2.75, 3.05) is 23.8 Å². The van der Waals surface area contributed by atoms with Crippen LogP contribution >= 0.6 is 0 Å². The van der Waals surface area contributed by atoms with Gasteiger partial charge >= 0.3 is 0 Å². The summed E-state index contributed by atoms with van der Waals surface area (Å²) in [6.45, 7) is 2.41. The van der Waals surface area contributed by atoms with Gasteiger partial charge in [-0.15, -0.1) is 0 Å². The topological polar surface area (TPSA) is 100 Å². The molecule has 0 bridgehead atoms. The van der Waals surface area contributed by atoms with Gasteiger partial charge in [0.2, 0.25) is 0 Å². The van der Waals surface area contributed by atoms with Gasteiger partial charge in [0.1, 0.15) is 13.2 Å². The molecule has 0 saturated carbocycles. The van der Waals surface area contributed by atoms with Gasteiger partial charge in [0.15, 0.2) is 17.3 Å². The van der Waals surface area contributed by atoms with Crippen molar-refractivity contribution in [1.82, 2.24) is 0 Å². The van der Waals surface area contributed by atoms with Gasteiger partial charge in [0.25, 0.3) is 5.91 Å². The summed E-state index contributed by atoms with van der Waals surface area (Å²) in [6.07, 6.45) is 0. The molecule has 0 spiro atoms. The van der Waals surface area contributed by atoms with Crippen LogP contribution in [0.4, 0.5) is 11.4 Å². The molecule has 0 unspecified atom stereocenters. The Kier molecular flexibility index (Phi) is 5.04. The summed E-state index contributed by atoms with van der Waals surface area (Å²) in [5.74, 6) is 0.867. The van der Waals surface area contributed by atoms with Crippen molar-refractivity contribution >= 4 is 34.3 Å². The third-order valence-corrected chi connectivity index (χ3v) is 5.53. The molecule has 2 heterocycles. The van der Waals surface area contributed by atoms with Crippen molar-refractivity contribution in [1.29, 1.82) is 5.26 Å². The van der Waals surface area contributed by atoms with Crippen LogP contribution in [0.25, 0.3) is 11.3 Å². The second-order valence-electron chi connectivity index (χ2n) is 7.69. The highest BCUT2D eigenvalue weighted by Crippen LogP contribution is 2.40. The van der Waals surface area contributed by atoms with E-state index in [0.29, 0.717) is 64.0 Å². The highest BCUT2D eigenvalue weighted by Gasteiger charge is 2.29. The average Bonchev–Trinajstić information content (AvgIpc) is 3.17. The number of carbonyl (C=O) groups excluding carboxylic acids is 2. The van der Waals surface area contributed by atoms with Crippen molar-refractivity contribution in [3.05, 3.63) is 82.9 Å². The van der Waals surface area contributed by atoms with Crippen molar-refractivity contribution in [3.8, 4) is 17.6 Å². The number of Topliss-reactive ketones (excluding diaryl/α,β-unsaturated/α-hetero) is 1. The maximum Gasteiger partial charge on any atom is 0.258 e. The van der Waals surface area contributed by atoms with Crippen LogP contribution in [0.2, 0.25) is 0 Å². The van der Waals surface area contributed by atoms with Crippen molar-refractivity contribution in [3.63, 3.8) is 0 Å². The number of rotatable bonds is 4. The van der Waals surface area contributed by atoms with E-state index in [2.05, 4.69) is 16.7 Å². The fourth-order valence-corrected chi connectivity index (χ4v) is 3.88. The molecule has 5 rings (SSSR count). The minimum atomic E-state index is -0.281. The van der Waals surface area contributed by atoms with Crippen molar-refractivity contribution < 1.29 is 19.1 Å². The Labute approximate surface area is 190 Å². The summed E-state index contributed by atoms with van der Waals surface area (Å²) in [6, 6.07) is 19.7. The smallest absolute Gasteiger partial charge is 0.258 e. The molecule has 3 aromatic rings. The zero-order chi connectivity index (χ0) is 22.9. The SMILES string of the molecule is CC(=O)c1ccc2c(c1)C(=C(Nc1ccc(C#N)cc1)c1ccc3c(c1)OCCO3)C(=O)N2. The molecular weight excluding hydrogens is 418 g/mol. The molecule has 7 heteroatoms. The minimum absolute atomic E-state index is 0.0857. The molecule has 2 aliphatic heterocycles. The summed E-state index contributed by atoms with van der Waals surface area (Å²) >= 11 is 0. The molecule has 33 heavy (non-hydrogen) atoms. The first-order valence-electron chi connectivity index (χ1n) is 10.4.